The lowest BCUT2D eigenvalue weighted by molar-refractivity contribution is 0.0476. The zero-order valence-electron chi connectivity index (χ0n) is 11.5. The van der Waals surface area contributed by atoms with E-state index in [-0.39, 0.29) is 19.5 Å². The maximum atomic E-state index is 9.44. The summed E-state index contributed by atoms with van der Waals surface area (Å²) in [5.74, 6) is 1.49. The average Bonchev–Trinajstić information content (AvgIpc) is 3.00. The molecule has 0 saturated heterocycles. The summed E-state index contributed by atoms with van der Waals surface area (Å²) in [6.45, 7) is 0.183. The van der Waals surface area contributed by atoms with Crippen LogP contribution in [0.15, 0.2) is 48.5 Å². The Labute approximate surface area is 123 Å². The summed E-state index contributed by atoms with van der Waals surface area (Å²) in [6.07, 6.45) is 0.234. The Bertz CT molecular complexity index is 588. The number of benzene rings is 2. The molecule has 5 heteroatoms. The summed E-state index contributed by atoms with van der Waals surface area (Å²) in [7, 11) is 0. The van der Waals surface area contributed by atoms with Crippen molar-refractivity contribution in [2.45, 2.75) is 12.5 Å². The first kappa shape index (κ1) is 13.7. The van der Waals surface area contributed by atoms with Gasteiger partial charge in [-0.25, -0.2) is 0 Å². The van der Waals surface area contributed by atoms with Crippen LogP contribution < -0.4 is 15.0 Å². The summed E-state index contributed by atoms with van der Waals surface area (Å²) in [5, 5.41) is 9.44. The lowest BCUT2D eigenvalue weighted by Gasteiger charge is -2.16. The molecule has 2 N–H and O–H groups in total. The van der Waals surface area contributed by atoms with Gasteiger partial charge in [0.1, 0.15) is 6.10 Å². The molecule has 0 aliphatic carbocycles. The number of fused-ring (bicyclic) bond motifs is 1. The largest absolute Gasteiger partial charge is 0.454 e. The minimum absolute atomic E-state index is 0.0751. The lowest BCUT2D eigenvalue weighted by atomic mass is 10.1. The molecule has 3 rings (SSSR count). The number of aliphatic hydroxyl groups is 1. The minimum Gasteiger partial charge on any atom is -0.454 e. The molecule has 1 heterocycles. The third-order valence-corrected chi connectivity index (χ3v) is 3.22. The van der Waals surface area contributed by atoms with E-state index < -0.39 is 0 Å². The number of aliphatic hydroxyl groups excluding tert-OH is 1. The second kappa shape index (κ2) is 6.47. The molecule has 2 aromatic carbocycles. The topological polar surface area (TPSA) is 60.0 Å². The highest BCUT2D eigenvalue weighted by molar-refractivity contribution is 5.44. The van der Waals surface area contributed by atoms with Crippen LogP contribution in [0.3, 0.4) is 0 Å². The molecule has 1 aliphatic heterocycles. The van der Waals surface area contributed by atoms with Crippen LogP contribution in [0.2, 0.25) is 0 Å². The van der Waals surface area contributed by atoms with Gasteiger partial charge in [-0.15, -0.1) is 0 Å². The normalized spacial score (nSPS) is 14.0. The van der Waals surface area contributed by atoms with Gasteiger partial charge >= 0.3 is 0 Å². The quantitative estimate of drug-likeness (QED) is 0.799. The van der Waals surface area contributed by atoms with Gasteiger partial charge in [0.05, 0.1) is 12.3 Å². The van der Waals surface area contributed by atoms with Crippen molar-refractivity contribution in [1.29, 1.82) is 0 Å². The predicted octanol–water partition coefficient (Wildman–Crippen LogP) is 2.36. The maximum absolute atomic E-state index is 9.44. The fourth-order valence-electron chi connectivity index (χ4n) is 2.13. The van der Waals surface area contributed by atoms with E-state index in [9.17, 15) is 5.11 Å². The molecule has 0 bridgehead atoms. The van der Waals surface area contributed by atoms with Gasteiger partial charge in [0.2, 0.25) is 6.79 Å². The fourth-order valence-corrected chi connectivity index (χ4v) is 2.13. The average molecular weight is 287 g/mol. The number of rotatable bonds is 6. The fraction of sp³-hybridized carbons (Fsp3) is 0.250. The zero-order valence-corrected chi connectivity index (χ0v) is 11.5. The monoisotopic (exact) mass is 287 g/mol. The molecule has 5 nitrogen and oxygen atoms in total. The Balaban J connectivity index is 1.59. The summed E-state index contributed by atoms with van der Waals surface area (Å²) >= 11 is 0. The molecule has 1 aliphatic rings. The highest BCUT2D eigenvalue weighted by Gasteiger charge is 2.16. The molecule has 0 amide bonds. The van der Waals surface area contributed by atoms with E-state index in [1.807, 2.05) is 48.5 Å². The van der Waals surface area contributed by atoms with E-state index in [1.54, 1.807) is 0 Å². The molecule has 21 heavy (non-hydrogen) atoms. The summed E-state index contributed by atoms with van der Waals surface area (Å²) in [5.41, 5.74) is 4.72. The number of ether oxygens (including phenoxy) is 2. The molecule has 0 saturated carbocycles. The van der Waals surface area contributed by atoms with E-state index in [4.69, 9.17) is 14.3 Å². The SMILES string of the molecule is OC[C@@H](Cc1ccc2c(c1)OCO2)ONc1ccccc1. The van der Waals surface area contributed by atoms with Gasteiger partial charge in [-0.2, -0.15) is 0 Å². The van der Waals surface area contributed by atoms with Crippen molar-refractivity contribution >= 4 is 5.69 Å². The third kappa shape index (κ3) is 3.45. The van der Waals surface area contributed by atoms with Crippen LogP contribution in [-0.2, 0) is 11.3 Å². The molecular weight excluding hydrogens is 270 g/mol. The molecule has 0 aromatic heterocycles. The second-order valence-electron chi connectivity index (χ2n) is 4.78. The van der Waals surface area contributed by atoms with Crippen LogP contribution >= 0.6 is 0 Å². The van der Waals surface area contributed by atoms with Crippen LogP contribution in [0.4, 0.5) is 5.69 Å². The van der Waals surface area contributed by atoms with E-state index in [0.29, 0.717) is 6.42 Å². The van der Waals surface area contributed by atoms with Gasteiger partial charge < -0.3 is 14.6 Å². The third-order valence-electron chi connectivity index (χ3n) is 3.22. The van der Waals surface area contributed by atoms with Crippen molar-refractivity contribution in [2.24, 2.45) is 0 Å². The molecule has 0 spiro atoms. The Morgan fingerprint density at radius 2 is 1.90 bits per heavy atom. The Morgan fingerprint density at radius 3 is 2.71 bits per heavy atom. The Kier molecular flexibility index (Phi) is 4.23. The standard InChI is InChI=1S/C16H17NO4/c18-10-14(21-17-13-4-2-1-3-5-13)8-12-6-7-15-16(9-12)20-11-19-15/h1-7,9,14,17-18H,8,10-11H2/t14-/m1/s1. The highest BCUT2D eigenvalue weighted by Crippen LogP contribution is 2.32. The van der Waals surface area contributed by atoms with Gasteiger partial charge in [-0.05, 0) is 29.8 Å². The summed E-state index contributed by atoms with van der Waals surface area (Å²) in [4.78, 5) is 5.53. The number of hydrogen-bond donors (Lipinski definition) is 2. The summed E-state index contributed by atoms with van der Waals surface area (Å²) in [6, 6.07) is 15.3. The second-order valence-corrected chi connectivity index (χ2v) is 4.78. The van der Waals surface area contributed by atoms with Crippen molar-refractivity contribution in [1.82, 2.24) is 0 Å². The molecule has 110 valence electrons. The minimum atomic E-state index is -0.342. The van der Waals surface area contributed by atoms with Crippen molar-refractivity contribution < 1.29 is 19.4 Å². The van der Waals surface area contributed by atoms with E-state index >= 15 is 0 Å². The molecule has 1 atom stereocenters. The van der Waals surface area contributed by atoms with Crippen LogP contribution in [0.25, 0.3) is 0 Å². The number of anilines is 1. The van der Waals surface area contributed by atoms with Gasteiger partial charge in [-0.3, -0.25) is 10.3 Å². The lowest BCUT2D eigenvalue weighted by Crippen LogP contribution is -2.23. The molecule has 2 aromatic rings. The van der Waals surface area contributed by atoms with Crippen molar-refractivity contribution in [2.75, 3.05) is 18.9 Å². The van der Waals surface area contributed by atoms with Crippen molar-refractivity contribution in [3.05, 3.63) is 54.1 Å². The van der Waals surface area contributed by atoms with Crippen molar-refractivity contribution in [3.8, 4) is 11.5 Å². The maximum Gasteiger partial charge on any atom is 0.231 e. The molecule has 0 unspecified atom stereocenters. The van der Waals surface area contributed by atoms with E-state index in [2.05, 4.69) is 5.48 Å². The Morgan fingerprint density at radius 1 is 1.10 bits per heavy atom. The smallest absolute Gasteiger partial charge is 0.231 e. The predicted molar refractivity (Wildman–Crippen MR) is 78.3 cm³/mol. The van der Waals surface area contributed by atoms with Gasteiger partial charge in [0.25, 0.3) is 0 Å². The number of hydrogen-bond acceptors (Lipinski definition) is 5. The molecule has 0 radical (unpaired) electrons. The highest BCUT2D eigenvalue weighted by atomic mass is 16.7. The van der Waals surface area contributed by atoms with E-state index in [0.717, 1.165) is 22.7 Å². The number of para-hydroxylation sites is 1. The summed E-state index contributed by atoms with van der Waals surface area (Å²) < 4.78 is 10.6. The first-order chi connectivity index (χ1) is 10.3. The number of nitrogens with one attached hydrogen (secondary N) is 1. The molecular formula is C16H17NO4. The van der Waals surface area contributed by atoms with E-state index in [1.165, 1.54) is 0 Å². The molecule has 0 fully saturated rings. The van der Waals surface area contributed by atoms with Gasteiger partial charge in [0.15, 0.2) is 11.5 Å². The van der Waals surface area contributed by atoms with Crippen LogP contribution in [-0.4, -0.2) is 24.6 Å². The van der Waals surface area contributed by atoms with Crippen LogP contribution in [0.5, 0.6) is 11.5 Å². The first-order valence-electron chi connectivity index (χ1n) is 6.81. The van der Waals surface area contributed by atoms with Crippen LogP contribution in [0.1, 0.15) is 5.56 Å². The first-order valence-corrected chi connectivity index (χ1v) is 6.81. The van der Waals surface area contributed by atoms with Crippen LogP contribution in [0, 0.1) is 0 Å². The Hall–Kier alpha value is -2.24. The van der Waals surface area contributed by atoms with Gasteiger partial charge in [0, 0.05) is 6.42 Å². The zero-order chi connectivity index (χ0) is 14.5. The van der Waals surface area contributed by atoms with Gasteiger partial charge in [-0.1, -0.05) is 24.3 Å². The van der Waals surface area contributed by atoms with Crippen molar-refractivity contribution in [3.63, 3.8) is 0 Å².